The predicted molar refractivity (Wildman–Crippen MR) is 74.7 cm³/mol. The van der Waals surface area contributed by atoms with Crippen LogP contribution in [0, 0.1) is 0 Å². The highest BCUT2D eigenvalue weighted by atomic mass is 16.5. The van der Waals surface area contributed by atoms with Crippen molar-refractivity contribution in [2.45, 2.75) is 0 Å². The van der Waals surface area contributed by atoms with Gasteiger partial charge in [-0.3, -0.25) is 4.79 Å². The summed E-state index contributed by atoms with van der Waals surface area (Å²) in [4.78, 5) is 15.6. The molecule has 0 saturated heterocycles. The monoisotopic (exact) mass is 251 g/mol. The summed E-state index contributed by atoms with van der Waals surface area (Å²) in [5.74, 6) is 0.755. The fraction of sp³-hybridized carbons (Fsp3) is 0.0625. The van der Waals surface area contributed by atoms with E-state index >= 15 is 0 Å². The average molecular weight is 251 g/mol. The molecule has 0 radical (unpaired) electrons. The molecule has 0 bridgehead atoms. The fourth-order valence-electron chi connectivity index (χ4n) is 2.17. The topological polar surface area (TPSA) is 42.1 Å². The minimum absolute atomic E-state index is 0.00991. The van der Waals surface area contributed by atoms with Crippen molar-refractivity contribution in [3.8, 4) is 5.75 Å². The molecule has 2 aromatic carbocycles. The Morgan fingerprint density at radius 2 is 1.84 bits per heavy atom. The molecular formula is C16H13NO2. The maximum absolute atomic E-state index is 12.5. The largest absolute Gasteiger partial charge is 0.497 e. The van der Waals surface area contributed by atoms with Crippen LogP contribution in [-0.4, -0.2) is 17.9 Å². The van der Waals surface area contributed by atoms with Crippen molar-refractivity contribution in [3.63, 3.8) is 0 Å². The summed E-state index contributed by atoms with van der Waals surface area (Å²) in [6, 6.07) is 14.8. The Labute approximate surface area is 110 Å². The number of nitrogens with one attached hydrogen (secondary N) is 1. The quantitative estimate of drug-likeness (QED) is 0.725. The number of aromatic amines is 1. The second-order valence-electron chi connectivity index (χ2n) is 4.31. The second-order valence-corrected chi connectivity index (χ2v) is 4.31. The van der Waals surface area contributed by atoms with Crippen molar-refractivity contribution in [1.82, 2.24) is 4.98 Å². The molecule has 0 aliphatic rings. The van der Waals surface area contributed by atoms with Gasteiger partial charge in [0.15, 0.2) is 5.78 Å². The SMILES string of the molecule is COc1ccc(C(=O)c2cccc3cc[nH]c23)cc1. The Kier molecular flexibility index (Phi) is 2.80. The number of ether oxygens (including phenoxy) is 1. The van der Waals surface area contributed by atoms with E-state index < -0.39 is 0 Å². The smallest absolute Gasteiger partial charge is 0.195 e. The minimum Gasteiger partial charge on any atom is -0.497 e. The lowest BCUT2D eigenvalue weighted by molar-refractivity contribution is 0.104. The number of hydrogen-bond donors (Lipinski definition) is 1. The lowest BCUT2D eigenvalue weighted by Crippen LogP contribution is -2.02. The van der Waals surface area contributed by atoms with E-state index in [2.05, 4.69) is 4.98 Å². The molecule has 0 fully saturated rings. The third kappa shape index (κ3) is 1.99. The molecule has 19 heavy (non-hydrogen) atoms. The summed E-state index contributed by atoms with van der Waals surface area (Å²) in [6.07, 6.45) is 1.84. The van der Waals surface area contributed by atoms with Gasteiger partial charge >= 0.3 is 0 Å². The third-order valence-electron chi connectivity index (χ3n) is 3.18. The first-order valence-corrected chi connectivity index (χ1v) is 6.04. The molecule has 3 nitrogen and oxygen atoms in total. The Balaban J connectivity index is 2.05. The van der Waals surface area contributed by atoms with Crippen molar-refractivity contribution in [3.05, 3.63) is 65.9 Å². The Morgan fingerprint density at radius 3 is 2.58 bits per heavy atom. The molecular weight excluding hydrogens is 238 g/mol. The van der Waals surface area contributed by atoms with Crippen LogP contribution in [0.2, 0.25) is 0 Å². The number of para-hydroxylation sites is 1. The first kappa shape index (κ1) is 11.5. The van der Waals surface area contributed by atoms with Gasteiger partial charge in [0.05, 0.1) is 12.6 Å². The highest BCUT2D eigenvalue weighted by Crippen LogP contribution is 2.21. The lowest BCUT2D eigenvalue weighted by atomic mass is 10.0. The Bertz CT molecular complexity index is 726. The summed E-state index contributed by atoms with van der Waals surface area (Å²) in [5.41, 5.74) is 2.22. The van der Waals surface area contributed by atoms with E-state index in [4.69, 9.17) is 4.74 Å². The molecule has 3 heteroatoms. The first-order chi connectivity index (χ1) is 9.29. The Hall–Kier alpha value is -2.55. The molecule has 3 aromatic rings. The van der Waals surface area contributed by atoms with Crippen molar-refractivity contribution < 1.29 is 9.53 Å². The number of carbonyl (C=O) groups excluding carboxylic acids is 1. The number of hydrogen-bond acceptors (Lipinski definition) is 2. The van der Waals surface area contributed by atoms with Crippen LogP contribution >= 0.6 is 0 Å². The number of fused-ring (bicyclic) bond motifs is 1. The van der Waals surface area contributed by atoms with Gasteiger partial charge in [0.1, 0.15) is 5.75 Å². The van der Waals surface area contributed by atoms with Gasteiger partial charge in [-0.2, -0.15) is 0 Å². The molecule has 1 heterocycles. The normalized spacial score (nSPS) is 10.6. The van der Waals surface area contributed by atoms with Gasteiger partial charge in [-0.15, -0.1) is 0 Å². The molecule has 0 saturated carbocycles. The van der Waals surface area contributed by atoms with E-state index in [9.17, 15) is 4.79 Å². The third-order valence-corrected chi connectivity index (χ3v) is 3.18. The molecule has 1 N–H and O–H groups in total. The Morgan fingerprint density at radius 1 is 1.05 bits per heavy atom. The van der Waals surface area contributed by atoms with Crippen LogP contribution in [0.4, 0.5) is 0 Å². The first-order valence-electron chi connectivity index (χ1n) is 6.04. The van der Waals surface area contributed by atoms with Gasteiger partial charge in [0.2, 0.25) is 0 Å². The zero-order chi connectivity index (χ0) is 13.2. The molecule has 0 aliphatic carbocycles. The summed E-state index contributed by atoms with van der Waals surface area (Å²) in [7, 11) is 1.61. The van der Waals surface area contributed by atoms with Crippen molar-refractivity contribution in [2.75, 3.05) is 7.11 Å². The number of ketones is 1. The van der Waals surface area contributed by atoms with E-state index in [-0.39, 0.29) is 5.78 Å². The van der Waals surface area contributed by atoms with Crippen LogP contribution in [0.5, 0.6) is 5.75 Å². The maximum atomic E-state index is 12.5. The number of methoxy groups -OCH3 is 1. The van der Waals surface area contributed by atoms with Crippen molar-refractivity contribution >= 4 is 16.7 Å². The second kappa shape index (κ2) is 4.61. The molecule has 0 aliphatic heterocycles. The standard InChI is InChI=1S/C16H13NO2/c1-19-13-7-5-12(6-8-13)16(18)14-4-2-3-11-9-10-17-15(11)14/h2-10,17H,1H3. The van der Waals surface area contributed by atoms with E-state index in [0.717, 1.165) is 16.7 Å². The zero-order valence-electron chi connectivity index (χ0n) is 10.5. The highest BCUT2D eigenvalue weighted by molar-refractivity contribution is 6.15. The molecule has 1 aromatic heterocycles. The van der Waals surface area contributed by atoms with Crippen LogP contribution in [0.25, 0.3) is 10.9 Å². The average Bonchev–Trinajstić information content (AvgIpc) is 2.95. The van der Waals surface area contributed by atoms with Gasteiger partial charge in [-0.1, -0.05) is 12.1 Å². The molecule has 0 amide bonds. The van der Waals surface area contributed by atoms with Crippen molar-refractivity contribution in [1.29, 1.82) is 0 Å². The summed E-state index contributed by atoms with van der Waals surface area (Å²) in [6.45, 7) is 0. The minimum atomic E-state index is 0.00991. The van der Waals surface area contributed by atoms with Gasteiger partial charge < -0.3 is 9.72 Å². The summed E-state index contributed by atoms with van der Waals surface area (Å²) < 4.78 is 5.09. The van der Waals surface area contributed by atoms with Crippen LogP contribution < -0.4 is 4.74 Å². The van der Waals surface area contributed by atoms with Crippen LogP contribution in [0.3, 0.4) is 0 Å². The maximum Gasteiger partial charge on any atom is 0.195 e. The van der Waals surface area contributed by atoms with Crippen LogP contribution in [-0.2, 0) is 0 Å². The molecule has 3 rings (SSSR count). The van der Waals surface area contributed by atoms with Gasteiger partial charge in [-0.25, -0.2) is 0 Å². The van der Waals surface area contributed by atoms with Gasteiger partial charge in [0, 0.05) is 22.7 Å². The fourth-order valence-corrected chi connectivity index (χ4v) is 2.17. The summed E-state index contributed by atoms with van der Waals surface area (Å²) >= 11 is 0. The zero-order valence-corrected chi connectivity index (χ0v) is 10.5. The molecule has 0 atom stereocenters. The van der Waals surface area contributed by atoms with Gasteiger partial charge in [0.25, 0.3) is 0 Å². The molecule has 0 spiro atoms. The van der Waals surface area contributed by atoms with Crippen molar-refractivity contribution in [2.24, 2.45) is 0 Å². The number of aromatic nitrogens is 1. The van der Waals surface area contributed by atoms with Gasteiger partial charge in [-0.05, 0) is 36.4 Å². The highest BCUT2D eigenvalue weighted by Gasteiger charge is 2.12. The van der Waals surface area contributed by atoms with E-state index in [1.54, 1.807) is 31.4 Å². The number of benzene rings is 2. The van der Waals surface area contributed by atoms with E-state index in [1.807, 2.05) is 30.5 Å². The number of rotatable bonds is 3. The van der Waals surface area contributed by atoms with E-state index in [1.165, 1.54) is 0 Å². The number of carbonyl (C=O) groups is 1. The predicted octanol–water partition coefficient (Wildman–Crippen LogP) is 3.41. The molecule has 0 unspecified atom stereocenters. The summed E-state index contributed by atoms with van der Waals surface area (Å²) in [5, 5.41) is 1.04. The lowest BCUT2D eigenvalue weighted by Gasteiger charge is -2.04. The number of H-pyrrole nitrogens is 1. The van der Waals surface area contributed by atoms with Crippen LogP contribution in [0.15, 0.2) is 54.7 Å². The van der Waals surface area contributed by atoms with Crippen LogP contribution in [0.1, 0.15) is 15.9 Å². The van der Waals surface area contributed by atoms with E-state index in [0.29, 0.717) is 11.1 Å². The molecule has 94 valence electrons.